The van der Waals surface area contributed by atoms with E-state index in [1.807, 2.05) is 49.4 Å². The van der Waals surface area contributed by atoms with Crippen molar-refractivity contribution in [3.63, 3.8) is 0 Å². The fourth-order valence-electron chi connectivity index (χ4n) is 4.94. The fourth-order valence-corrected chi connectivity index (χ4v) is 6.17. The lowest BCUT2D eigenvalue weighted by atomic mass is 9.77. The second-order valence-corrected chi connectivity index (χ2v) is 10.5. The minimum Gasteiger partial charge on any atom is -0.494 e. The standard InChI is InChI=1S/C27H28N2O3S/c1-3-32-21-14-12-19(13-15-21)27-24-11-7-10-23(24)25-18-22(16-17-26(25)28-27)33(30,31)29(2)20-8-5-4-6-9-20/h4-10,12-18,23-24,27-28H,3,11H2,1-2H3. The number of anilines is 2. The van der Waals surface area contributed by atoms with Crippen LogP contribution < -0.4 is 14.4 Å². The van der Waals surface area contributed by atoms with E-state index >= 15 is 0 Å². The summed E-state index contributed by atoms with van der Waals surface area (Å²) >= 11 is 0. The number of para-hydroxylation sites is 1. The highest BCUT2D eigenvalue weighted by Crippen LogP contribution is 2.50. The Morgan fingerprint density at radius 2 is 1.79 bits per heavy atom. The highest BCUT2D eigenvalue weighted by Gasteiger charge is 2.38. The van der Waals surface area contributed by atoms with Crippen LogP contribution in [0.25, 0.3) is 0 Å². The summed E-state index contributed by atoms with van der Waals surface area (Å²) in [4.78, 5) is 0.313. The maximum Gasteiger partial charge on any atom is 0.264 e. The minimum atomic E-state index is -3.66. The summed E-state index contributed by atoms with van der Waals surface area (Å²) in [6, 6.07) is 23.0. The molecule has 1 heterocycles. The van der Waals surface area contributed by atoms with Crippen molar-refractivity contribution < 1.29 is 13.2 Å². The molecular formula is C27H28N2O3S. The number of hydrogen-bond donors (Lipinski definition) is 1. The van der Waals surface area contributed by atoms with Gasteiger partial charge in [0, 0.05) is 18.7 Å². The maximum atomic E-state index is 13.4. The molecule has 0 bridgehead atoms. The number of fused-ring (bicyclic) bond motifs is 3. The number of sulfonamides is 1. The Labute approximate surface area is 195 Å². The average molecular weight is 461 g/mol. The van der Waals surface area contributed by atoms with Crippen LogP contribution in [0.2, 0.25) is 0 Å². The lowest BCUT2D eigenvalue weighted by Gasteiger charge is -2.38. The molecule has 1 N–H and O–H groups in total. The number of nitrogens with zero attached hydrogens (tertiary/aromatic N) is 1. The van der Waals surface area contributed by atoms with E-state index in [0.717, 1.165) is 23.4 Å². The molecule has 2 aliphatic rings. The predicted octanol–water partition coefficient (Wildman–Crippen LogP) is 5.74. The van der Waals surface area contributed by atoms with Crippen LogP contribution in [0.5, 0.6) is 5.75 Å². The molecule has 3 unspecified atom stereocenters. The number of allylic oxidation sites excluding steroid dienone is 2. The van der Waals surface area contributed by atoms with Gasteiger partial charge in [0.1, 0.15) is 5.75 Å². The number of rotatable bonds is 6. The molecule has 0 saturated carbocycles. The van der Waals surface area contributed by atoms with E-state index in [2.05, 4.69) is 29.6 Å². The summed E-state index contributed by atoms with van der Waals surface area (Å²) in [5.74, 6) is 1.38. The van der Waals surface area contributed by atoms with Crippen LogP contribution in [0.4, 0.5) is 11.4 Å². The molecule has 0 fully saturated rings. The van der Waals surface area contributed by atoms with Gasteiger partial charge in [-0.2, -0.15) is 0 Å². The molecule has 5 nitrogen and oxygen atoms in total. The molecule has 1 aliphatic heterocycles. The highest BCUT2D eigenvalue weighted by molar-refractivity contribution is 7.92. The first-order chi connectivity index (χ1) is 16.0. The van der Waals surface area contributed by atoms with Gasteiger partial charge in [-0.25, -0.2) is 8.42 Å². The largest absolute Gasteiger partial charge is 0.494 e. The summed E-state index contributed by atoms with van der Waals surface area (Å²) in [7, 11) is -2.06. The Balaban J connectivity index is 1.48. The Hall–Kier alpha value is -3.25. The van der Waals surface area contributed by atoms with Crippen LogP contribution in [0.1, 0.15) is 36.4 Å². The summed E-state index contributed by atoms with van der Waals surface area (Å²) in [5, 5.41) is 3.69. The Bertz CT molecular complexity index is 1270. The molecule has 5 rings (SSSR count). The first-order valence-corrected chi connectivity index (χ1v) is 12.8. The van der Waals surface area contributed by atoms with E-state index in [1.54, 1.807) is 25.2 Å². The summed E-state index contributed by atoms with van der Waals surface area (Å²) in [6.07, 6.45) is 5.39. The van der Waals surface area contributed by atoms with E-state index in [4.69, 9.17) is 4.74 Å². The van der Waals surface area contributed by atoms with Crippen LogP contribution >= 0.6 is 0 Å². The van der Waals surface area contributed by atoms with Crippen molar-refractivity contribution in [2.24, 2.45) is 5.92 Å². The molecule has 3 aromatic rings. The lowest BCUT2D eigenvalue weighted by Crippen LogP contribution is -2.30. The molecule has 0 radical (unpaired) electrons. The molecule has 33 heavy (non-hydrogen) atoms. The van der Waals surface area contributed by atoms with E-state index in [1.165, 1.54) is 9.87 Å². The third-order valence-corrected chi connectivity index (χ3v) is 8.44. The van der Waals surface area contributed by atoms with Crippen molar-refractivity contribution in [1.82, 2.24) is 0 Å². The number of ether oxygens (including phenoxy) is 1. The first-order valence-electron chi connectivity index (χ1n) is 11.3. The molecule has 3 atom stereocenters. The second kappa shape index (κ2) is 8.60. The molecule has 0 amide bonds. The van der Waals surface area contributed by atoms with Crippen molar-refractivity contribution in [2.45, 2.75) is 30.2 Å². The topological polar surface area (TPSA) is 58.6 Å². The van der Waals surface area contributed by atoms with Crippen LogP contribution in [0, 0.1) is 5.92 Å². The zero-order chi connectivity index (χ0) is 23.0. The van der Waals surface area contributed by atoms with Gasteiger partial charge in [0.15, 0.2) is 0 Å². The van der Waals surface area contributed by atoms with Crippen molar-refractivity contribution in [1.29, 1.82) is 0 Å². The third kappa shape index (κ3) is 3.89. The van der Waals surface area contributed by atoms with Gasteiger partial charge in [-0.1, -0.05) is 42.5 Å². The van der Waals surface area contributed by atoms with Gasteiger partial charge in [-0.05, 0) is 72.9 Å². The summed E-state index contributed by atoms with van der Waals surface area (Å²) in [5.41, 5.74) is 3.88. The fraction of sp³-hybridized carbons (Fsp3) is 0.259. The van der Waals surface area contributed by atoms with Gasteiger partial charge >= 0.3 is 0 Å². The highest BCUT2D eigenvalue weighted by atomic mass is 32.2. The maximum absolute atomic E-state index is 13.4. The van der Waals surface area contributed by atoms with Gasteiger partial charge in [0.2, 0.25) is 0 Å². The predicted molar refractivity (Wildman–Crippen MR) is 132 cm³/mol. The number of nitrogens with one attached hydrogen (secondary N) is 1. The number of hydrogen-bond acceptors (Lipinski definition) is 4. The smallest absolute Gasteiger partial charge is 0.264 e. The quantitative estimate of drug-likeness (QED) is 0.477. The van der Waals surface area contributed by atoms with Gasteiger partial charge in [0.25, 0.3) is 10.0 Å². The Morgan fingerprint density at radius 1 is 1.03 bits per heavy atom. The molecule has 0 saturated heterocycles. The number of benzene rings is 3. The van der Waals surface area contributed by atoms with Crippen molar-refractivity contribution >= 4 is 21.4 Å². The average Bonchev–Trinajstić information content (AvgIpc) is 3.34. The van der Waals surface area contributed by atoms with Crippen LogP contribution in [-0.2, 0) is 10.0 Å². The zero-order valence-corrected chi connectivity index (χ0v) is 19.6. The summed E-state index contributed by atoms with van der Waals surface area (Å²) in [6.45, 7) is 2.63. The SMILES string of the molecule is CCOc1ccc(C2Nc3ccc(S(=O)(=O)N(C)c4ccccc4)cc3C3C=CCC32)cc1. The Kier molecular flexibility index (Phi) is 5.62. The normalized spacial score (nSPS) is 21.1. The van der Waals surface area contributed by atoms with Gasteiger partial charge in [-0.15, -0.1) is 0 Å². The molecule has 6 heteroatoms. The molecule has 170 valence electrons. The van der Waals surface area contributed by atoms with Crippen LogP contribution in [0.15, 0.2) is 89.8 Å². The van der Waals surface area contributed by atoms with Crippen LogP contribution in [0.3, 0.4) is 0 Å². The third-order valence-electron chi connectivity index (χ3n) is 6.66. The van der Waals surface area contributed by atoms with E-state index < -0.39 is 10.0 Å². The molecule has 1 aliphatic carbocycles. The van der Waals surface area contributed by atoms with Crippen molar-refractivity contribution in [3.8, 4) is 5.75 Å². The lowest BCUT2D eigenvalue weighted by molar-refractivity contribution is 0.340. The van der Waals surface area contributed by atoms with Gasteiger partial charge < -0.3 is 10.1 Å². The molecule has 0 spiro atoms. The van der Waals surface area contributed by atoms with Crippen molar-refractivity contribution in [2.75, 3.05) is 23.3 Å². The monoisotopic (exact) mass is 460 g/mol. The van der Waals surface area contributed by atoms with Gasteiger partial charge in [0.05, 0.1) is 23.2 Å². The summed E-state index contributed by atoms with van der Waals surface area (Å²) < 4.78 is 33.7. The minimum absolute atomic E-state index is 0.155. The van der Waals surface area contributed by atoms with Crippen molar-refractivity contribution in [3.05, 3.63) is 96.1 Å². The zero-order valence-electron chi connectivity index (χ0n) is 18.8. The first kappa shape index (κ1) is 21.6. The van der Waals surface area contributed by atoms with E-state index in [9.17, 15) is 8.42 Å². The molecule has 0 aromatic heterocycles. The van der Waals surface area contributed by atoms with Crippen LogP contribution in [-0.4, -0.2) is 22.1 Å². The van der Waals surface area contributed by atoms with E-state index in [-0.39, 0.29) is 12.0 Å². The van der Waals surface area contributed by atoms with Gasteiger partial charge in [-0.3, -0.25) is 4.31 Å². The second-order valence-electron chi connectivity index (χ2n) is 8.53. The molecule has 3 aromatic carbocycles. The Morgan fingerprint density at radius 3 is 2.52 bits per heavy atom. The molecular weight excluding hydrogens is 432 g/mol. The van der Waals surface area contributed by atoms with E-state index in [0.29, 0.717) is 23.1 Å².